The molecule has 1 aromatic carbocycles. The molecule has 0 saturated carbocycles. The van der Waals surface area contributed by atoms with Crippen LogP contribution in [0.5, 0.6) is 0 Å². The van der Waals surface area contributed by atoms with Gasteiger partial charge in [-0.15, -0.1) is 0 Å². The molecule has 1 fully saturated rings. The number of likely N-dealkylation sites (tertiary alicyclic amines) is 1. The normalized spacial score (nSPS) is 15.9. The van der Waals surface area contributed by atoms with Crippen molar-refractivity contribution in [1.82, 2.24) is 24.5 Å². The molecule has 2 aromatic heterocycles. The zero-order valence-corrected chi connectivity index (χ0v) is 13.0. The van der Waals surface area contributed by atoms with Gasteiger partial charge in [0.2, 0.25) is 5.91 Å². The average molecular weight is 327 g/mol. The number of benzene rings is 1. The van der Waals surface area contributed by atoms with Crippen molar-refractivity contribution in [2.75, 3.05) is 13.1 Å². The van der Waals surface area contributed by atoms with Crippen molar-refractivity contribution in [2.45, 2.75) is 25.4 Å². The highest BCUT2D eigenvalue weighted by Gasteiger charge is 2.25. The first kappa shape index (κ1) is 14.7. The van der Waals surface area contributed by atoms with Crippen LogP contribution in [0.3, 0.4) is 0 Å². The van der Waals surface area contributed by atoms with Crippen molar-refractivity contribution in [2.24, 2.45) is 0 Å². The van der Waals surface area contributed by atoms with Gasteiger partial charge in [0.05, 0.1) is 24.0 Å². The van der Waals surface area contributed by atoms with Crippen LogP contribution in [0, 0.1) is 0 Å². The van der Waals surface area contributed by atoms with E-state index in [0.717, 1.165) is 12.8 Å². The number of para-hydroxylation sites is 2. The van der Waals surface area contributed by atoms with Crippen LogP contribution < -0.4 is 5.76 Å². The number of piperidine rings is 1. The van der Waals surface area contributed by atoms with Crippen molar-refractivity contribution in [3.63, 3.8) is 0 Å². The van der Waals surface area contributed by atoms with Crippen molar-refractivity contribution in [3.8, 4) is 0 Å². The Hall–Kier alpha value is -2.90. The lowest BCUT2D eigenvalue weighted by atomic mass is 10.1. The Balaban J connectivity index is 1.45. The van der Waals surface area contributed by atoms with Gasteiger partial charge in [0.15, 0.2) is 5.58 Å². The predicted octanol–water partition coefficient (Wildman–Crippen LogP) is 1.05. The molecule has 0 bridgehead atoms. The summed E-state index contributed by atoms with van der Waals surface area (Å²) in [6, 6.07) is 7.34. The average Bonchev–Trinajstić information content (AvgIpc) is 3.24. The third-order valence-electron chi connectivity index (χ3n) is 4.45. The van der Waals surface area contributed by atoms with Gasteiger partial charge in [-0.2, -0.15) is 15.0 Å². The molecular formula is C16H17N5O3. The molecule has 0 atom stereocenters. The Morgan fingerprint density at radius 3 is 2.62 bits per heavy atom. The lowest BCUT2D eigenvalue weighted by Gasteiger charge is -2.31. The van der Waals surface area contributed by atoms with Crippen LogP contribution in [0.4, 0.5) is 0 Å². The number of amides is 1. The quantitative estimate of drug-likeness (QED) is 0.718. The first-order valence-electron chi connectivity index (χ1n) is 7.94. The van der Waals surface area contributed by atoms with Crippen molar-refractivity contribution < 1.29 is 9.21 Å². The number of hydrogen-bond acceptors (Lipinski definition) is 5. The molecule has 0 radical (unpaired) electrons. The molecule has 1 aliphatic heterocycles. The molecule has 4 rings (SSSR count). The van der Waals surface area contributed by atoms with Gasteiger partial charge < -0.3 is 9.32 Å². The van der Waals surface area contributed by atoms with Crippen LogP contribution in [-0.2, 0) is 11.3 Å². The number of rotatable bonds is 3. The number of carbonyl (C=O) groups excluding carboxylic acids is 1. The fourth-order valence-electron chi connectivity index (χ4n) is 3.16. The fourth-order valence-corrected chi connectivity index (χ4v) is 3.16. The largest absolute Gasteiger partial charge is 0.420 e. The van der Waals surface area contributed by atoms with E-state index in [1.54, 1.807) is 40.3 Å². The Morgan fingerprint density at radius 1 is 1.17 bits per heavy atom. The van der Waals surface area contributed by atoms with E-state index in [1.165, 1.54) is 4.57 Å². The van der Waals surface area contributed by atoms with Gasteiger partial charge in [0.25, 0.3) is 0 Å². The molecule has 3 aromatic rings. The number of carbonyl (C=O) groups is 1. The van der Waals surface area contributed by atoms with Crippen molar-refractivity contribution >= 4 is 17.0 Å². The third kappa shape index (κ3) is 2.60. The summed E-state index contributed by atoms with van der Waals surface area (Å²) in [6.07, 6.45) is 4.94. The van der Waals surface area contributed by atoms with E-state index in [4.69, 9.17) is 4.42 Å². The van der Waals surface area contributed by atoms with Gasteiger partial charge in [-0.3, -0.25) is 9.36 Å². The summed E-state index contributed by atoms with van der Waals surface area (Å²) in [6.45, 7) is 1.27. The highest BCUT2D eigenvalue weighted by molar-refractivity contribution is 5.79. The second-order valence-electron chi connectivity index (χ2n) is 5.88. The summed E-state index contributed by atoms with van der Waals surface area (Å²) < 4.78 is 6.56. The first-order valence-corrected chi connectivity index (χ1v) is 7.94. The minimum absolute atomic E-state index is 0.000529. The van der Waals surface area contributed by atoms with E-state index >= 15 is 0 Å². The van der Waals surface area contributed by atoms with Crippen LogP contribution in [-0.4, -0.2) is 43.5 Å². The molecule has 24 heavy (non-hydrogen) atoms. The molecule has 0 aliphatic carbocycles. The molecule has 0 spiro atoms. The highest BCUT2D eigenvalue weighted by atomic mass is 16.4. The van der Waals surface area contributed by atoms with Gasteiger partial charge in [0, 0.05) is 13.1 Å². The second-order valence-corrected chi connectivity index (χ2v) is 5.88. The first-order chi connectivity index (χ1) is 11.7. The van der Waals surface area contributed by atoms with Gasteiger partial charge in [0.1, 0.15) is 6.54 Å². The fraction of sp³-hybridized carbons (Fsp3) is 0.375. The van der Waals surface area contributed by atoms with Gasteiger partial charge >= 0.3 is 5.76 Å². The number of fused-ring (bicyclic) bond motifs is 1. The SMILES string of the molecule is O=C(Cn1c(=O)oc2ccccc21)N1CCC(n2nccn2)CC1. The minimum Gasteiger partial charge on any atom is -0.408 e. The molecule has 1 amide bonds. The maximum Gasteiger partial charge on any atom is 0.420 e. The monoisotopic (exact) mass is 327 g/mol. The molecule has 8 nitrogen and oxygen atoms in total. The summed E-state index contributed by atoms with van der Waals surface area (Å²) in [4.78, 5) is 28.0. The van der Waals surface area contributed by atoms with Crippen molar-refractivity contribution in [3.05, 3.63) is 47.2 Å². The lowest BCUT2D eigenvalue weighted by Crippen LogP contribution is -2.41. The standard InChI is InChI=1S/C16H17N5O3/c22-15(11-20-13-3-1-2-4-14(13)24-16(20)23)19-9-5-12(6-10-19)21-17-7-8-18-21/h1-4,7-8,12H,5-6,9-11H2. The van der Waals surface area contributed by atoms with Crippen molar-refractivity contribution in [1.29, 1.82) is 0 Å². The topological polar surface area (TPSA) is 86.2 Å². The van der Waals surface area contributed by atoms with E-state index in [0.29, 0.717) is 24.2 Å². The predicted molar refractivity (Wildman–Crippen MR) is 85.3 cm³/mol. The van der Waals surface area contributed by atoms with Crippen LogP contribution >= 0.6 is 0 Å². The molecule has 0 N–H and O–H groups in total. The molecule has 1 saturated heterocycles. The summed E-state index contributed by atoms with van der Waals surface area (Å²) in [5.74, 6) is -0.573. The van der Waals surface area contributed by atoms with E-state index in [-0.39, 0.29) is 18.5 Å². The minimum atomic E-state index is -0.500. The molecule has 1 aliphatic rings. The third-order valence-corrected chi connectivity index (χ3v) is 4.45. The van der Waals surface area contributed by atoms with E-state index < -0.39 is 5.76 Å². The molecule has 0 unspecified atom stereocenters. The van der Waals surface area contributed by atoms with Crippen LogP contribution in [0.15, 0.2) is 45.9 Å². The van der Waals surface area contributed by atoms with Gasteiger partial charge in [-0.25, -0.2) is 4.79 Å². The number of hydrogen-bond donors (Lipinski definition) is 0. The van der Waals surface area contributed by atoms with Gasteiger partial charge in [-0.05, 0) is 25.0 Å². The van der Waals surface area contributed by atoms with E-state index in [1.807, 2.05) is 6.07 Å². The zero-order chi connectivity index (χ0) is 16.5. The lowest BCUT2D eigenvalue weighted by molar-refractivity contribution is -0.133. The Kier molecular flexibility index (Phi) is 3.64. The Morgan fingerprint density at radius 2 is 1.88 bits per heavy atom. The van der Waals surface area contributed by atoms with E-state index in [2.05, 4.69) is 10.2 Å². The summed E-state index contributed by atoms with van der Waals surface area (Å²) in [5.41, 5.74) is 1.14. The van der Waals surface area contributed by atoms with Crippen LogP contribution in [0.25, 0.3) is 11.1 Å². The Bertz CT molecular complexity index is 903. The smallest absolute Gasteiger partial charge is 0.408 e. The summed E-state index contributed by atoms with van der Waals surface area (Å²) in [7, 11) is 0. The molecule has 8 heteroatoms. The maximum atomic E-state index is 12.5. The molecule has 3 heterocycles. The van der Waals surface area contributed by atoms with Crippen LogP contribution in [0.1, 0.15) is 18.9 Å². The van der Waals surface area contributed by atoms with E-state index in [9.17, 15) is 9.59 Å². The summed E-state index contributed by atoms with van der Waals surface area (Å²) in [5, 5.41) is 8.32. The maximum absolute atomic E-state index is 12.5. The molecule has 124 valence electrons. The number of nitrogens with zero attached hydrogens (tertiary/aromatic N) is 5. The summed E-state index contributed by atoms with van der Waals surface area (Å²) >= 11 is 0. The number of oxazole rings is 1. The zero-order valence-electron chi connectivity index (χ0n) is 13.0. The van der Waals surface area contributed by atoms with Crippen LogP contribution in [0.2, 0.25) is 0 Å². The van der Waals surface area contributed by atoms with Gasteiger partial charge in [-0.1, -0.05) is 12.1 Å². The Labute approximate surface area is 137 Å². The molecular weight excluding hydrogens is 310 g/mol. The number of aromatic nitrogens is 4. The highest BCUT2D eigenvalue weighted by Crippen LogP contribution is 2.21. The second kappa shape index (κ2) is 5.95.